The maximum atomic E-state index is 13.0. The Bertz CT molecular complexity index is 844. The number of hydrogen-bond acceptors (Lipinski definition) is 5. The van der Waals surface area contributed by atoms with E-state index in [1.807, 2.05) is 6.07 Å². The highest BCUT2D eigenvalue weighted by atomic mass is 19.3. The van der Waals surface area contributed by atoms with E-state index < -0.39 is 6.11 Å². The summed E-state index contributed by atoms with van der Waals surface area (Å²) in [6.07, 6.45) is 2.64. The van der Waals surface area contributed by atoms with Gasteiger partial charge in [-0.3, -0.25) is 0 Å². The van der Waals surface area contributed by atoms with Crippen LogP contribution < -0.4 is 15.4 Å². The van der Waals surface area contributed by atoms with Crippen molar-refractivity contribution < 1.29 is 18.6 Å². The molecule has 0 saturated carbocycles. The van der Waals surface area contributed by atoms with Crippen LogP contribution in [0.4, 0.5) is 20.3 Å². The highest BCUT2D eigenvalue weighted by molar-refractivity contribution is 5.80. The first kappa shape index (κ1) is 21.2. The van der Waals surface area contributed by atoms with E-state index in [4.69, 9.17) is 0 Å². The van der Waals surface area contributed by atoms with E-state index in [1.54, 1.807) is 18.3 Å². The van der Waals surface area contributed by atoms with E-state index in [1.165, 1.54) is 17.7 Å². The maximum absolute atomic E-state index is 13.0. The largest absolute Gasteiger partial charge is 0.433 e. The summed E-state index contributed by atoms with van der Waals surface area (Å²) in [7, 11) is 0. The Balaban J connectivity index is 1.91. The molecule has 1 fully saturated rings. The number of aliphatic hydroxyl groups excluding tert-OH is 1. The number of benzene rings is 1. The van der Waals surface area contributed by atoms with Gasteiger partial charge in [-0.05, 0) is 47.9 Å². The Kier molecular flexibility index (Phi) is 6.82. The van der Waals surface area contributed by atoms with Gasteiger partial charge in [0.15, 0.2) is 0 Å². The summed E-state index contributed by atoms with van der Waals surface area (Å²) in [5.74, 6) is 1.10. The first-order chi connectivity index (χ1) is 13.9. The topological polar surface area (TPSA) is 66.4 Å². The minimum atomic E-state index is -3.23. The molecule has 7 heteroatoms. The SMILES string of the molecule is CCC/C=C(\c1c(CO)ccnc1Nc1ccc(OC(C)(F)F)cc1)C1CNC1. The van der Waals surface area contributed by atoms with E-state index in [9.17, 15) is 13.9 Å². The summed E-state index contributed by atoms with van der Waals surface area (Å²) in [6.45, 7) is 4.54. The van der Waals surface area contributed by atoms with E-state index in [2.05, 4.69) is 33.4 Å². The highest BCUT2D eigenvalue weighted by Gasteiger charge is 2.26. The zero-order chi connectivity index (χ0) is 20.9. The Labute approximate surface area is 169 Å². The molecule has 0 bridgehead atoms. The minimum absolute atomic E-state index is 0.0874. The van der Waals surface area contributed by atoms with Gasteiger partial charge in [-0.2, -0.15) is 8.78 Å². The van der Waals surface area contributed by atoms with Crippen molar-refractivity contribution in [1.29, 1.82) is 0 Å². The third kappa shape index (κ3) is 5.52. The monoisotopic (exact) mass is 403 g/mol. The van der Waals surface area contributed by atoms with Gasteiger partial charge < -0.3 is 20.5 Å². The Morgan fingerprint density at radius 1 is 1.31 bits per heavy atom. The smallest absolute Gasteiger partial charge is 0.394 e. The van der Waals surface area contributed by atoms with Crippen LogP contribution in [0.15, 0.2) is 42.6 Å². The van der Waals surface area contributed by atoms with E-state index in [-0.39, 0.29) is 12.4 Å². The molecular formula is C22H27F2N3O2. The third-order valence-electron chi connectivity index (χ3n) is 4.78. The van der Waals surface area contributed by atoms with E-state index in [0.29, 0.717) is 24.3 Å². The fourth-order valence-corrected chi connectivity index (χ4v) is 3.28. The quantitative estimate of drug-likeness (QED) is 0.566. The molecule has 3 N–H and O–H groups in total. The van der Waals surface area contributed by atoms with Crippen molar-refractivity contribution in [1.82, 2.24) is 10.3 Å². The molecular weight excluding hydrogens is 376 g/mol. The molecule has 0 atom stereocenters. The van der Waals surface area contributed by atoms with Gasteiger partial charge in [-0.1, -0.05) is 19.4 Å². The second-order valence-corrected chi connectivity index (χ2v) is 7.21. The number of nitrogens with one attached hydrogen (secondary N) is 2. The lowest BCUT2D eigenvalue weighted by atomic mass is 9.85. The van der Waals surface area contributed by atoms with Crippen molar-refractivity contribution in [2.24, 2.45) is 5.92 Å². The van der Waals surface area contributed by atoms with Gasteiger partial charge in [0.2, 0.25) is 0 Å². The van der Waals surface area contributed by atoms with Gasteiger partial charge in [0.25, 0.3) is 0 Å². The number of allylic oxidation sites excluding steroid dienone is 1. The molecule has 1 aliphatic heterocycles. The Hall–Kier alpha value is -2.51. The predicted octanol–water partition coefficient (Wildman–Crippen LogP) is 4.71. The zero-order valence-electron chi connectivity index (χ0n) is 16.7. The number of unbranched alkanes of at least 4 members (excludes halogenated alkanes) is 1. The molecule has 1 aliphatic rings. The molecule has 2 aromatic rings. The number of anilines is 2. The normalized spacial score (nSPS) is 15.1. The third-order valence-corrected chi connectivity index (χ3v) is 4.78. The zero-order valence-corrected chi connectivity index (χ0v) is 16.7. The number of nitrogens with zero attached hydrogens (tertiary/aromatic N) is 1. The molecule has 156 valence electrons. The molecule has 2 heterocycles. The van der Waals surface area contributed by atoms with Gasteiger partial charge in [-0.25, -0.2) is 4.98 Å². The van der Waals surface area contributed by atoms with Gasteiger partial charge in [0, 0.05) is 43.4 Å². The fourth-order valence-electron chi connectivity index (χ4n) is 3.28. The van der Waals surface area contributed by atoms with Gasteiger partial charge in [0.1, 0.15) is 11.6 Å². The van der Waals surface area contributed by atoms with Gasteiger partial charge in [0.05, 0.1) is 6.61 Å². The first-order valence-corrected chi connectivity index (χ1v) is 9.85. The second-order valence-electron chi connectivity index (χ2n) is 7.21. The average molecular weight is 403 g/mol. The molecule has 0 amide bonds. The van der Waals surface area contributed by atoms with E-state index >= 15 is 0 Å². The van der Waals surface area contributed by atoms with Crippen molar-refractivity contribution in [3.8, 4) is 5.75 Å². The van der Waals surface area contributed by atoms with Crippen LogP contribution in [0.25, 0.3) is 5.57 Å². The lowest BCUT2D eigenvalue weighted by Crippen LogP contribution is -2.42. The molecule has 0 aliphatic carbocycles. The number of alkyl halides is 2. The number of aliphatic hydroxyl groups is 1. The molecule has 5 nitrogen and oxygen atoms in total. The van der Waals surface area contributed by atoms with Crippen molar-refractivity contribution >= 4 is 17.1 Å². The Morgan fingerprint density at radius 2 is 2.03 bits per heavy atom. The van der Waals surface area contributed by atoms with Crippen LogP contribution in [0.1, 0.15) is 37.8 Å². The molecule has 29 heavy (non-hydrogen) atoms. The van der Waals surface area contributed by atoms with Crippen LogP contribution in [-0.2, 0) is 6.61 Å². The molecule has 0 radical (unpaired) electrons. The second kappa shape index (κ2) is 9.33. The lowest BCUT2D eigenvalue weighted by molar-refractivity contribution is -0.158. The van der Waals surface area contributed by atoms with Crippen molar-refractivity contribution in [2.45, 2.75) is 39.4 Å². The molecule has 1 aromatic heterocycles. The molecule has 1 aromatic carbocycles. The summed E-state index contributed by atoms with van der Waals surface area (Å²) >= 11 is 0. The molecule has 0 unspecified atom stereocenters. The van der Waals surface area contributed by atoms with Crippen LogP contribution in [0, 0.1) is 5.92 Å². The van der Waals surface area contributed by atoms with Crippen molar-refractivity contribution in [3.05, 3.63) is 53.7 Å². The number of pyridine rings is 1. The lowest BCUT2D eigenvalue weighted by Gasteiger charge is -2.32. The standard InChI is InChI=1S/C22H27F2N3O2/c1-3-4-5-19(16-12-25-13-16)20-15(14-28)10-11-26-21(20)27-17-6-8-18(9-7-17)29-22(2,23)24/h5-11,16,25,28H,3-4,12-14H2,1-2H3,(H,26,27)/b19-5-. The van der Waals surface area contributed by atoms with Gasteiger partial charge >= 0.3 is 6.11 Å². The van der Waals surface area contributed by atoms with Crippen LogP contribution in [0.2, 0.25) is 0 Å². The predicted molar refractivity (Wildman–Crippen MR) is 110 cm³/mol. The maximum Gasteiger partial charge on any atom is 0.394 e. The summed E-state index contributed by atoms with van der Waals surface area (Å²) < 4.78 is 30.6. The summed E-state index contributed by atoms with van der Waals surface area (Å²) in [5.41, 5.74) is 3.59. The number of rotatable bonds is 9. The van der Waals surface area contributed by atoms with Crippen LogP contribution >= 0.6 is 0 Å². The summed E-state index contributed by atoms with van der Waals surface area (Å²) in [4.78, 5) is 4.50. The van der Waals surface area contributed by atoms with Crippen LogP contribution in [0.5, 0.6) is 5.75 Å². The van der Waals surface area contributed by atoms with Crippen molar-refractivity contribution in [3.63, 3.8) is 0 Å². The van der Waals surface area contributed by atoms with Gasteiger partial charge in [-0.15, -0.1) is 0 Å². The first-order valence-electron chi connectivity index (χ1n) is 9.85. The van der Waals surface area contributed by atoms with Crippen molar-refractivity contribution in [2.75, 3.05) is 18.4 Å². The fraction of sp³-hybridized carbons (Fsp3) is 0.409. The number of aromatic nitrogens is 1. The van der Waals surface area contributed by atoms with Crippen LogP contribution in [0.3, 0.4) is 0 Å². The molecule has 3 rings (SSSR count). The summed E-state index contributed by atoms with van der Waals surface area (Å²) in [5, 5.41) is 16.5. The minimum Gasteiger partial charge on any atom is -0.433 e. The number of hydrogen-bond donors (Lipinski definition) is 3. The van der Waals surface area contributed by atoms with Crippen LogP contribution in [-0.4, -0.2) is 29.3 Å². The Morgan fingerprint density at radius 3 is 2.59 bits per heavy atom. The summed E-state index contributed by atoms with van der Waals surface area (Å²) in [6, 6.07) is 8.13. The van der Waals surface area contributed by atoms with E-state index in [0.717, 1.165) is 37.1 Å². The number of halogens is 2. The molecule has 1 saturated heterocycles. The highest BCUT2D eigenvalue weighted by Crippen LogP contribution is 2.35. The molecule has 0 spiro atoms. The average Bonchev–Trinajstić information content (AvgIpc) is 2.64. The number of ether oxygens (including phenoxy) is 1.